The first kappa shape index (κ1) is 29.3. The number of hydrogen-bond donors (Lipinski definition) is 3. The van der Waals surface area contributed by atoms with Crippen LogP contribution in [0.4, 0.5) is 4.53 Å². The van der Waals surface area contributed by atoms with Gasteiger partial charge in [0.1, 0.15) is 0 Å². The largest absolute Gasteiger partial charge is 1.00 e. The van der Waals surface area contributed by atoms with E-state index in [1.807, 2.05) is 19.0 Å². The van der Waals surface area contributed by atoms with Gasteiger partial charge in [0, 0.05) is 30.4 Å². The summed E-state index contributed by atoms with van der Waals surface area (Å²) in [5.74, 6) is 0.119. The molecule has 2 rings (SSSR count). The molecule has 27 heavy (non-hydrogen) atoms. The van der Waals surface area contributed by atoms with E-state index in [4.69, 9.17) is 26.6 Å². The van der Waals surface area contributed by atoms with Crippen LogP contribution >= 0.6 is 0 Å². The van der Waals surface area contributed by atoms with Gasteiger partial charge < -0.3 is 36.5 Å². The van der Waals surface area contributed by atoms with Gasteiger partial charge in [0.2, 0.25) is 0 Å². The Kier molecular flexibility index (Phi) is 19.7. The third-order valence-electron chi connectivity index (χ3n) is 3.59. The summed E-state index contributed by atoms with van der Waals surface area (Å²) in [6, 6.07) is 7.72. The summed E-state index contributed by atoms with van der Waals surface area (Å²) in [6.45, 7) is 7.24. The van der Waals surface area contributed by atoms with E-state index < -0.39 is 0 Å². The Bertz CT molecular complexity index is 505. The number of aliphatic hydroxyl groups is 3. The Hall–Kier alpha value is 0.126. The second kappa shape index (κ2) is 18.2. The standard InChI is InChI=1S/C12H14FNO.C6H12O3.CH4O.K/c1-10(8-9-14(2)3)11-6-4-5-7-12(11)15-13;7-4-6-3-5(8)1-2-9-6;1-2;/h1,4-5,7H,8-9H2,2-3H3;5-8H,1-4H2;2H,1H3;/q-2;;;+1. The topological polar surface area (TPSA) is 82.4 Å². The van der Waals surface area contributed by atoms with Crippen molar-refractivity contribution in [2.45, 2.75) is 31.5 Å². The number of hydrogen-bond acceptors (Lipinski definition) is 6. The summed E-state index contributed by atoms with van der Waals surface area (Å²) < 4.78 is 17.2. The summed E-state index contributed by atoms with van der Waals surface area (Å²) in [6.07, 6.45) is 1.54. The molecule has 1 aromatic rings. The van der Waals surface area contributed by atoms with Gasteiger partial charge in [-0.05, 0) is 27.1 Å². The Morgan fingerprint density at radius 1 is 1.44 bits per heavy atom. The monoisotopic (exact) mass is 410 g/mol. The third kappa shape index (κ3) is 13.1. The average molecular weight is 411 g/mol. The molecule has 6 nitrogen and oxygen atoms in total. The van der Waals surface area contributed by atoms with Crippen LogP contribution in [0.2, 0.25) is 0 Å². The van der Waals surface area contributed by atoms with Crippen molar-refractivity contribution in [1.82, 2.24) is 4.90 Å². The van der Waals surface area contributed by atoms with Crippen molar-refractivity contribution in [3.05, 3.63) is 36.4 Å². The van der Waals surface area contributed by atoms with Crippen molar-refractivity contribution in [3.63, 3.8) is 0 Å². The van der Waals surface area contributed by atoms with Crippen molar-refractivity contribution in [1.29, 1.82) is 0 Å². The number of rotatable bonds is 6. The molecule has 1 aliphatic rings. The van der Waals surface area contributed by atoms with Gasteiger partial charge in [-0.1, -0.05) is 6.42 Å². The average Bonchev–Trinajstić information content (AvgIpc) is 2.68. The van der Waals surface area contributed by atoms with E-state index in [1.54, 1.807) is 12.1 Å². The molecular formula is C19H30FKNO5-. The van der Waals surface area contributed by atoms with E-state index in [0.717, 1.165) is 13.7 Å². The van der Waals surface area contributed by atoms with Crippen LogP contribution in [0.1, 0.15) is 24.8 Å². The molecule has 2 unspecified atom stereocenters. The van der Waals surface area contributed by atoms with Gasteiger partial charge in [-0.2, -0.15) is 6.07 Å². The maximum atomic E-state index is 12.1. The number of aliphatic hydroxyl groups excluding tert-OH is 3. The van der Waals surface area contributed by atoms with Gasteiger partial charge in [0.15, 0.2) is 0 Å². The molecule has 1 aromatic carbocycles. The molecule has 0 radical (unpaired) electrons. The maximum Gasteiger partial charge on any atom is 1.00 e. The maximum absolute atomic E-state index is 12.1. The van der Waals surface area contributed by atoms with Crippen molar-refractivity contribution in [2.75, 3.05) is 41.0 Å². The first-order valence-corrected chi connectivity index (χ1v) is 8.38. The van der Waals surface area contributed by atoms with Crippen LogP contribution < -0.4 is 56.3 Å². The minimum absolute atomic E-state index is 0. The van der Waals surface area contributed by atoms with E-state index >= 15 is 0 Å². The molecule has 150 valence electrons. The molecule has 1 aliphatic heterocycles. The zero-order valence-corrected chi connectivity index (χ0v) is 19.8. The fourth-order valence-corrected chi connectivity index (χ4v) is 2.19. The van der Waals surface area contributed by atoms with E-state index in [0.29, 0.717) is 37.0 Å². The molecule has 1 saturated heterocycles. The third-order valence-corrected chi connectivity index (χ3v) is 3.59. The van der Waals surface area contributed by atoms with Crippen molar-refractivity contribution in [2.24, 2.45) is 0 Å². The van der Waals surface area contributed by atoms with Gasteiger partial charge in [0.25, 0.3) is 0 Å². The van der Waals surface area contributed by atoms with Gasteiger partial charge in [0.05, 0.1) is 18.8 Å². The molecule has 0 saturated carbocycles. The molecule has 1 heterocycles. The fraction of sp³-hybridized carbons (Fsp3) is 0.579. The summed E-state index contributed by atoms with van der Waals surface area (Å²) in [5, 5.41) is 24.6. The van der Waals surface area contributed by atoms with Gasteiger partial charge >= 0.3 is 51.4 Å². The van der Waals surface area contributed by atoms with Gasteiger partial charge in [-0.3, -0.25) is 11.1 Å². The van der Waals surface area contributed by atoms with Crippen molar-refractivity contribution >= 4 is 5.57 Å². The number of halogens is 1. The van der Waals surface area contributed by atoms with Crippen molar-refractivity contribution < 1.29 is 80.9 Å². The van der Waals surface area contributed by atoms with Crippen LogP contribution in [0.5, 0.6) is 5.75 Å². The smallest absolute Gasteiger partial charge is 0.400 e. The van der Waals surface area contributed by atoms with E-state index in [2.05, 4.69) is 11.0 Å². The fourth-order valence-electron chi connectivity index (χ4n) is 2.19. The SMILES string of the molecule is CO.OCC1CC(O)CCO1.[CH-]=C(CCN(C)C)c1[c-]cccc1OF.[K+]. The molecule has 0 amide bonds. The summed E-state index contributed by atoms with van der Waals surface area (Å²) in [7, 11) is 4.91. The summed E-state index contributed by atoms with van der Waals surface area (Å²) in [4.78, 5) is 5.73. The number of ether oxygens (including phenoxy) is 1. The Balaban J connectivity index is 0. The van der Waals surface area contributed by atoms with Crippen LogP contribution in [0.3, 0.4) is 0 Å². The zero-order chi connectivity index (χ0) is 19.9. The molecule has 1 fully saturated rings. The molecule has 0 bridgehead atoms. The number of benzene rings is 1. The second-order valence-electron chi connectivity index (χ2n) is 5.92. The Labute approximate surface area is 204 Å². The molecule has 0 aliphatic carbocycles. The molecular weight excluding hydrogens is 380 g/mol. The van der Waals surface area contributed by atoms with E-state index in [9.17, 15) is 4.53 Å². The van der Waals surface area contributed by atoms with Crippen LogP contribution in [0.25, 0.3) is 5.57 Å². The Morgan fingerprint density at radius 2 is 2.11 bits per heavy atom. The Morgan fingerprint density at radius 3 is 2.59 bits per heavy atom. The van der Waals surface area contributed by atoms with Crippen LogP contribution in [0, 0.1) is 12.6 Å². The first-order chi connectivity index (χ1) is 12.5. The van der Waals surface area contributed by atoms with E-state index in [-0.39, 0.29) is 75.9 Å². The summed E-state index contributed by atoms with van der Waals surface area (Å²) >= 11 is 0. The minimum atomic E-state index is -0.268. The molecule has 3 N–H and O–H groups in total. The quantitative estimate of drug-likeness (QED) is 0.397. The normalized spacial score (nSPS) is 18.2. The minimum Gasteiger partial charge on any atom is -0.400 e. The van der Waals surface area contributed by atoms with Crippen LogP contribution in [0.15, 0.2) is 18.2 Å². The van der Waals surface area contributed by atoms with Gasteiger partial charge in [-0.25, -0.2) is 6.07 Å². The molecule has 0 spiro atoms. The zero-order valence-electron chi connectivity index (χ0n) is 16.7. The predicted molar refractivity (Wildman–Crippen MR) is 98.1 cm³/mol. The molecule has 2 atom stereocenters. The van der Waals surface area contributed by atoms with E-state index in [1.165, 1.54) is 6.07 Å². The predicted octanol–water partition coefficient (Wildman–Crippen LogP) is -1.35. The van der Waals surface area contributed by atoms with Crippen LogP contribution in [-0.4, -0.2) is 73.4 Å². The summed E-state index contributed by atoms with van der Waals surface area (Å²) in [5.41, 5.74) is 1.08. The van der Waals surface area contributed by atoms with Crippen LogP contribution in [-0.2, 0) is 4.74 Å². The van der Waals surface area contributed by atoms with Crippen molar-refractivity contribution in [3.8, 4) is 5.75 Å². The number of nitrogens with zero attached hydrogens (tertiary/aromatic N) is 1. The second-order valence-corrected chi connectivity index (χ2v) is 5.92. The molecule has 8 heteroatoms. The molecule has 0 aromatic heterocycles. The van der Waals surface area contributed by atoms with Gasteiger partial charge in [-0.15, -0.1) is 12.1 Å². The first-order valence-electron chi connectivity index (χ1n) is 8.38.